The summed E-state index contributed by atoms with van der Waals surface area (Å²) in [6.07, 6.45) is 2.59. The van der Waals surface area contributed by atoms with E-state index in [9.17, 15) is 30.0 Å². The SMILES string of the molecule is CC1=C[C@]2(O)[C@](O)(OC1)[C@H](C)[C@@H]1[C@H]([C@H](C)C[C@H]1O)[C@@]2(O)C(=O)[C@@H](C)CC[C@H]1OC(=O)C=C1C. The van der Waals surface area contributed by atoms with E-state index in [2.05, 4.69) is 0 Å². The molecule has 0 unspecified atom stereocenters. The molecule has 0 aromatic carbocycles. The number of cyclic esters (lactones) is 1. The average molecular weight is 465 g/mol. The Kier molecular flexibility index (Phi) is 5.94. The van der Waals surface area contributed by atoms with Crippen LogP contribution in [0.4, 0.5) is 0 Å². The second-order valence-corrected chi connectivity index (χ2v) is 10.8. The molecule has 0 saturated heterocycles. The van der Waals surface area contributed by atoms with Gasteiger partial charge in [0.1, 0.15) is 6.10 Å². The lowest BCUT2D eigenvalue weighted by molar-refractivity contribution is -0.384. The van der Waals surface area contributed by atoms with Crippen LogP contribution in [0.15, 0.2) is 23.3 Å². The van der Waals surface area contributed by atoms with Gasteiger partial charge in [-0.2, -0.15) is 0 Å². The van der Waals surface area contributed by atoms with Crippen LogP contribution in [0.2, 0.25) is 0 Å². The van der Waals surface area contributed by atoms with E-state index < -0.39 is 64.6 Å². The largest absolute Gasteiger partial charge is 0.455 e. The smallest absolute Gasteiger partial charge is 0.331 e. The minimum absolute atomic E-state index is 0.0463. The van der Waals surface area contributed by atoms with Gasteiger partial charge in [-0.3, -0.25) is 4.79 Å². The summed E-state index contributed by atoms with van der Waals surface area (Å²) >= 11 is 0. The van der Waals surface area contributed by atoms with E-state index in [-0.39, 0.29) is 12.5 Å². The normalized spacial score (nSPS) is 47.8. The topological polar surface area (TPSA) is 134 Å². The molecule has 0 aromatic heterocycles. The molecule has 10 atom stereocenters. The third-order valence-corrected chi connectivity index (χ3v) is 8.66. The maximum atomic E-state index is 14.0. The molecule has 0 radical (unpaired) electrons. The van der Waals surface area contributed by atoms with Gasteiger partial charge in [0, 0.05) is 23.8 Å². The van der Waals surface area contributed by atoms with Crippen molar-refractivity contribution in [3.05, 3.63) is 23.3 Å². The number of Topliss-reactive ketones (excluding diaryl/α,β-unsaturated/α-hetero) is 1. The van der Waals surface area contributed by atoms with Gasteiger partial charge in [-0.15, -0.1) is 0 Å². The second-order valence-electron chi connectivity index (χ2n) is 10.8. The lowest BCUT2D eigenvalue weighted by atomic mass is 9.50. The molecular formula is C25H36O8. The molecule has 0 bridgehead atoms. The van der Waals surface area contributed by atoms with Gasteiger partial charge in [-0.25, -0.2) is 4.79 Å². The van der Waals surface area contributed by atoms with Gasteiger partial charge in [0.05, 0.1) is 12.7 Å². The summed E-state index contributed by atoms with van der Waals surface area (Å²) in [6, 6.07) is 0. The standard InChI is InChI=1S/C25H36O8/c1-12-10-23(29)24(30,22(28)13(2)6-7-18-14(3)9-19(27)33-18)21-15(4)8-17(26)20(21)16(5)25(23,31)32-11-12/h9-10,13,15-18,20-21,26,29-31H,6-8,11H2,1-5H3/t13-,15+,16+,17+,18+,20-,21-,23+,24+,25+/m0/s1. The number of rotatable bonds is 5. The number of carbonyl (C=O) groups excluding carboxylic acids is 2. The van der Waals surface area contributed by atoms with Crippen molar-refractivity contribution in [1.82, 2.24) is 0 Å². The quantitative estimate of drug-likeness (QED) is 0.353. The van der Waals surface area contributed by atoms with Crippen molar-refractivity contribution in [2.24, 2.45) is 29.6 Å². The fourth-order valence-electron chi connectivity index (χ4n) is 6.94. The van der Waals surface area contributed by atoms with Crippen LogP contribution < -0.4 is 0 Å². The molecule has 2 fully saturated rings. The highest BCUT2D eigenvalue weighted by molar-refractivity contribution is 5.92. The predicted octanol–water partition coefficient (Wildman–Crippen LogP) is 1.25. The van der Waals surface area contributed by atoms with Crippen LogP contribution in [0.25, 0.3) is 0 Å². The van der Waals surface area contributed by atoms with E-state index in [1.54, 1.807) is 27.7 Å². The maximum absolute atomic E-state index is 14.0. The van der Waals surface area contributed by atoms with E-state index >= 15 is 0 Å². The Morgan fingerprint density at radius 3 is 2.52 bits per heavy atom. The molecule has 8 heteroatoms. The highest BCUT2D eigenvalue weighted by atomic mass is 16.6. The van der Waals surface area contributed by atoms with E-state index in [0.717, 1.165) is 5.57 Å². The summed E-state index contributed by atoms with van der Waals surface area (Å²) in [7, 11) is 0. The average Bonchev–Trinajstić information content (AvgIpc) is 3.22. The molecule has 4 rings (SSSR count). The van der Waals surface area contributed by atoms with Gasteiger partial charge in [0.2, 0.25) is 5.79 Å². The van der Waals surface area contributed by atoms with Crippen LogP contribution in [0, 0.1) is 29.6 Å². The van der Waals surface area contributed by atoms with E-state index in [1.165, 1.54) is 12.2 Å². The minimum atomic E-state index is -2.37. The highest BCUT2D eigenvalue weighted by Gasteiger charge is 2.78. The first kappa shape index (κ1) is 24.5. The molecular weight excluding hydrogens is 428 g/mol. The van der Waals surface area contributed by atoms with Crippen molar-refractivity contribution in [2.75, 3.05) is 6.61 Å². The zero-order valence-electron chi connectivity index (χ0n) is 19.9. The molecule has 4 aliphatic rings. The van der Waals surface area contributed by atoms with Gasteiger partial charge in [-0.1, -0.05) is 20.8 Å². The van der Waals surface area contributed by atoms with Crippen LogP contribution in [0.5, 0.6) is 0 Å². The van der Waals surface area contributed by atoms with E-state index in [1.807, 2.05) is 6.92 Å². The summed E-state index contributed by atoms with van der Waals surface area (Å²) in [5, 5.41) is 46.6. The molecule has 8 nitrogen and oxygen atoms in total. The number of ketones is 1. The van der Waals surface area contributed by atoms with Crippen molar-refractivity contribution >= 4 is 11.8 Å². The van der Waals surface area contributed by atoms with Gasteiger partial charge >= 0.3 is 5.97 Å². The zero-order chi connectivity index (χ0) is 24.5. The second kappa shape index (κ2) is 7.99. The number of hydrogen-bond donors (Lipinski definition) is 4. The van der Waals surface area contributed by atoms with Crippen molar-refractivity contribution in [3.8, 4) is 0 Å². The molecule has 2 heterocycles. The Bertz CT molecular complexity index is 910. The number of hydrogen-bond acceptors (Lipinski definition) is 8. The fourth-order valence-corrected chi connectivity index (χ4v) is 6.94. The Morgan fingerprint density at radius 1 is 1.24 bits per heavy atom. The van der Waals surface area contributed by atoms with Gasteiger partial charge in [-0.05, 0) is 62.2 Å². The third kappa shape index (κ3) is 3.29. The first-order valence-electron chi connectivity index (χ1n) is 11.9. The van der Waals surface area contributed by atoms with Crippen molar-refractivity contribution < 1.29 is 39.5 Å². The summed E-state index contributed by atoms with van der Waals surface area (Å²) in [6.45, 7) is 8.75. The van der Waals surface area contributed by atoms with Crippen molar-refractivity contribution in [2.45, 2.75) is 83.1 Å². The first-order chi connectivity index (χ1) is 15.3. The van der Waals surface area contributed by atoms with Crippen LogP contribution in [-0.2, 0) is 19.1 Å². The number of aliphatic hydroxyl groups excluding tert-OH is 1. The molecule has 0 aromatic rings. The Morgan fingerprint density at radius 2 is 1.91 bits per heavy atom. The van der Waals surface area contributed by atoms with Crippen molar-refractivity contribution in [3.63, 3.8) is 0 Å². The molecule has 2 aliphatic carbocycles. The van der Waals surface area contributed by atoms with E-state index in [4.69, 9.17) is 9.47 Å². The summed E-state index contributed by atoms with van der Waals surface area (Å²) in [5.41, 5.74) is -3.36. The number of esters is 1. The van der Waals surface area contributed by atoms with Crippen molar-refractivity contribution in [1.29, 1.82) is 0 Å². The van der Waals surface area contributed by atoms with Crippen LogP contribution in [-0.4, -0.2) is 68.0 Å². The maximum Gasteiger partial charge on any atom is 0.331 e. The summed E-state index contributed by atoms with van der Waals surface area (Å²) in [5.74, 6) is -6.32. The van der Waals surface area contributed by atoms with Gasteiger partial charge in [0.15, 0.2) is 17.0 Å². The Balaban J connectivity index is 1.72. The van der Waals surface area contributed by atoms with E-state index in [0.29, 0.717) is 24.8 Å². The van der Waals surface area contributed by atoms with Gasteiger partial charge in [0.25, 0.3) is 0 Å². The highest BCUT2D eigenvalue weighted by Crippen LogP contribution is 2.62. The Hall–Kier alpha value is -1.58. The molecule has 0 spiro atoms. The number of carbonyl (C=O) groups is 2. The van der Waals surface area contributed by atoms with Gasteiger partial charge < -0.3 is 29.9 Å². The van der Waals surface area contributed by atoms with Crippen LogP contribution >= 0.6 is 0 Å². The molecule has 0 amide bonds. The predicted molar refractivity (Wildman–Crippen MR) is 118 cm³/mol. The minimum Gasteiger partial charge on any atom is -0.455 e. The number of fused-ring (bicyclic) bond motifs is 2. The first-order valence-corrected chi connectivity index (χ1v) is 11.9. The molecule has 33 heavy (non-hydrogen) atoms. The molecule has 2 saturated carbocycles. The lowest BCUT2D eigenvalue weighted by Crippen LogP contribution is -2.81. The van der Waals surface area contributed by atoms with Crippen LogP contribution in [0.1, 0.15) is 53.9 Å². The van der Waals surface area contributed by atoms with Crippen LogP contribution in [0.3, 0.4) is 0 Å². The monoisotopic (exact) mass is 464 g/mol. The zero-order valence-corrected chi connectivity index (χ0v) is 19.9. The lowest BCUT2D eigenvalue weighted by Gasteiger charge is -2.63. The fraction of sp³-hybridized carbons (Fsp3) is 0.760. The third-order valence-electron chi connectivity index (χ3n) is 8.66. The molecule has 184 valence electrons. The number of ether oxygens (including phenoxy) is 2. The molecule has 4 N–H and O–H groups in total. The number of aliphatic hydroxyl groups is 4. The Labute approximate surface area is 194 Å². The summed E-state index contributed by atoms with van der Waals surface area (Å²) < 4.78 is 11.0. The molecule has 2 aliphatic heterocycles. The summed E-state index contributed by atoms with van der Waals surface area (Å²) in [4.78, 5) is 25.5.